The molecule has 0 aromatic heterocycles. The van der Waals surface area contributed by atoms with E-state index in [-0.39, 0.29) is 19.1 Å². The van der Waals surface area contributed by atoms with Crippen molar-refractivity contribution in [3.63, 3.8) is 0 Å². The molecule has 1 atom stereocenters. The van der Waals surface area contributed by atoms with E-state index < -0.39 is 18.0 Å². The fourth-order valence-corrected chi connectivity index (χ4v) is 3.30. The van der Waals surface area contributed by atoms with Crippen LogP contribution in [-0.2, 0) is 14.3 Å². The van der Waals surface area contributed by atoms with E-state index in [2.05, 4.69) is 5.32 Å². The van der Waals surface area contributed by atoms with Crippen LogP contribution in [0.5, 0.6) is 5.75 Å². The Hall–Kier alpha value is -3.03. The van der Waals surface area contributed by atoms with Crippen LogP contribution >= 0.6 is 0 Å². The van der Waals surface area contributed by atoms with E-state index in [0.29, 0.717) is 23.6 Å². The highest BCUT2D eigenvalue weighted by atomic mass is 16.5. The number of methoxy groups -OCH3 is 1. The van der Waals surface area contributed by atoms with Crippen molar-refractivity contribution in [2.45, 2.75) is 25.8 Å². The van der Waals surface area contributed by atoms with Crippen LogP contribution in [-0.4, -0.2) is 61.6 Å². The highest BCUT2D eigenvalue weighted by molar-refractivity contribution is 5.98. The molecule has 0 spiro atoms. The molecular weight excluding hydrogens is 362 g/mol. The summed E-state index contributed by atoms with van der Waals surface area (Å²) in [7, 11) is 3.28. The highest BCUT2D eigenvalue weighted by Crippen LogP contribution is 2.35. The first-order valence-electron chi connectivity index (χ1n) is 9.32. The summed E-state index contributed by atoms with van der Waals surface area (Å²) in [5, 5.41) is 2.83. The summed E-state index contributed by atoms with van der Waals surface area (Å²) in [4.78, 5) is 40.5. The first-order chi connectivity index (χ1) is 13.5. The quantitative estimate of drug-likeness (QED) is 0.721. The van der Waals surface area contributed by atoms with E-state index in [0.717, 1.165) is 18.4 Å². The van der Waals surface area contributed by atoms with E-state index in [1.54, 1.807) is 43.3 Å². The predicted octanol–water partition coefficient (Wildman–Crippen LogP) is 1.83. The minimum atomic E-state index is -0.618. The molecule has 0 unspecified atom stereocenters. The zero-order chi connectivity index (χ0) is 20.3. The van der Waals surface area contributed by atoms with Gasteiger partial charge in [-0.2, -0.15) is 0 Å². The summed E-state index contributed by atoms with van der Waals surface area (Å²) >= 11 is 0. The molecule has 2 aliphatic rings. The van der Waals surface area contributed by atoms with E-state index in [1.165, 1.54) is 4.90 Å². The Morgan fingerprint density at radius 3 is 2.68 bits per heavy atom. The van der Waals surface area contributed by atoms with Crippen molar-refractivity contribution in [2.24, 2.45) is 0 Å². The van der Waals surface area contributed by atoms with E-state index in [9.17, 15) is 14.4 Å². The standard InChI is InChI=1S/C20H25N3O5/c1-4-5-10-22(2)16(24)11-23-15-12-28-19(25)17(15)18(21-20(23)26)13-6-8-14(27-3)9-7-13/h6-9,18H,4-5,10-12H2,1-3H3,(H,21,26)/t18-/m0/s1. The lowest BCUT2D eigenvalue weighted by molar-refractivity contribution is -0.136. The van der Waals surface area contributed by atoms with E-state index >= 15 is 0 Å². The van der Waals surface area contributed by atoms with Crippen LogP contribution < -0.4 is 10.1 Å². The predicted molar refractivity (Wildman–Crippen MR) is 102 cm³/mol. The molecule has 0 fully saturated rings. The lowest BCUT2D eigenvalue weighted by Gasteiger charge is -2.33. The number of unbranched alkanes of at least 4 members (excludes halogenated alkanes) is 1. The third kappa shape index (κ3) is 3.81. The zero-order valence-corrected chi connectivity index (χ0v) is 16.4. The van der Waals surface area contributed by atoms with Gasteiger partial charge in [0.2, 0.25) is 5.91 Å². The van der Waals surface area contributed by atoms with E-state index in [1.807, 2.05) is 6.92 Å². The normalized spacial score (nSPS) is 18.5. The number of benzene rings is 1. The van der Waals surface area contributed by atoms with Gasteiger partial charge in [0.05, 0.1) is 24.4 Å². The van der Waals surface area contributed by atoms with E-state index in [4.69, 9.17) is 9.47 Å². The van der Waals surface area contributed by atoms with Gasteiger partial charge in [-0.25, -0.2) is 9.59 Å². The summed E-state index contributed by atoms with van der Waals surface area (Å²) < 4.78 is 10.3. The number of nitrogens with zero attached hydrogens (tertiary/aromatic N) is 2. The molecule has 0 saturated carbocycles. The summed E-state index contributed by atoms with van der Waals surface area (Å²) in [6.45, 7) is 2.53. The third-order valence-electron chi connectivity index (χ3n) is 5.01. The van der Waals surface area contributed by atoms with Crippen molar-refractivity contribution in [3.05, 3.63) is 41.1 Å². The number of hydrogen-bond donors (Lipinski definition) is 1. The summed E-state index contributed by atoms with van der Waals surface area (Å²) in [5.74, 6) is 0.0155. The van der Waals surface area contributed by atoms with Crippen LogP contribution in [0.4, 0.5) is 4.79 Å². The van der Waals surface area contributed by atoms with Crippen LogP contribution in [0.2, 0.25) is 0 Å². The maximum Gasteiger partial charge on any atom is 0.338 e. The highest BCUT2D eigenvalue weighted by Gasteiger charge is 2.42. The van der Waals surface area contributed by atoms with Crippen LogP contribution in [0, 0.1) is 0 Å². The Morgan fingerprint density at radius 1 is 1.32 bits per heavy atom. The molecule has 0 aliphatic carbocycles. The monoisotopic (exact) mass is 387 g/mol. The van der Waals surface area contributed by atoms with Crippen LogP contribution in [0.1, 0.15) is 31.4 Å². The van der Waals surface area contributed by atoms with Gasteiger partial charge in [0.1, 0.15) is 18.9 Å². The van der Waals surface area contributed by atoms with Crippen LogP contribution in [0.25, 0.3) is 0 Å². The van der Waals surface area contributed by atoms with Gasteiger partial charge >= 0.3 is 12.0 Å². The fraction of sp³-hybridized carbons (Fsp3) is 0.450. The second kappa shape index (κ2) is 8.33. The summed E-state index contributed by atoms with van der Waals surface area (Å²) in [5.41, 5.74) is 1.56. The molecule has 0 bridgehead atoms. The second-order valence-corrected chi connectivity index (χ2v) is 6.85. The summed E-state index contributed by atoms with van der Waals surface area (Å²) in [6.07, 6.45) is 1.87. The Balaban J connectivity index is 1.85. The number of esters is 1. The molecule has 1 N–H and O–H groups in total. The van der Waals surface area contributed by atoms with Gasteiger partial charge in [-0.3, -0.25) is 9.69 Å². The van der Waals surface area contributed by atoms with Gasteiger partial charge in [0, 0.05) is 13.6 Å². The van der Waals surface area contributed by atoms with Gasteiger partial charge in [0.25, 0.3) is 0 Å². The molecule has 2 aliphatic heterocycles. The topological polar surface area (TPSA) is 88.2 Å². The number of hydrogen-bond acceptors (Lipinski definition) is 5. The molecule has 2 heterocycles. The van der Waals surface area contributed by atoms with Crippen LogP contribution in [0.3, 0.4) is 0 Å². The molecule has 0 radical (unpaired) electrons. The van der Waals surface area contributed by atoms with Crippen molar-refractivity contribution in [2.75, 3.05) is 33.9 Å². The van der Waals surface area contributed by atoms with Crippen molar-refractivity contribution in [3.8, 4) is 5.75 Å². The molecule has 8 nitrogen and oxygen atoms in total. The smallest absolute Gasteiger partial charge is 0.338 e. The zero-order valence-electron chi connectivity index (χ0n) is 16.4. The van der Waals surface area contributed by atoms with Gasteiger partial charge in [0.15, 0.2) is 0 Å². The molecule has 8 heteroatoms. The number of amides is 3. The lowest BCUT2D eigenvalue weighted by Crippen LogP contribution is -2.50. The van der Waals surface area contributed by atoms with Gasteiger partial charge in [-0.1, -0.05) is 25.5 Å². The van der Waals surface area contributed by atoms with Crippen molar-refractivity contribution < 1.29 is 23.9 Å². The van der Waals surface area contributed by atoms with Gasteiger partial charge < -0.3 is 19.7 Å². The maximum atomic E-state index is 12.7. The molecule has 150 valence electrons. The number of likely N-dealkylation sites (N-methyl/N-ethyl adjacent to an activating group) is 1. The largest absolute Gasteiger partial charge is 0.497 e. The Kier molecular flexibility index (Phi) is 5.87. The number of ether oxygens (including phenoxy) is 2. The number of nitrogens with one attached hydrogen (secondary N) is 1. The number of rotatable bonds is 7. The Morgan fingerprint density at radius 2 is 2.04 bits per heavy atom. The Bertz CT molecular complexity index is 803. The molecule has 1 aromatic rings. The SMILES string of the molecule is CCCCN(C)C(=O)CN1C(=O)N[C@@H](c2ccc(OC)cc2)C2=C1COC2=O. The average Bonchev–Trinajstić information content (AvgIpc) is 3.09. The van der Waals surface area contributed by atoms with Crippen molar-refractivity contribution >= 4 is 17.9 Å². The molecule has 0 saturated heterocycles. The van der Waals surface area contributed by atoms with Crippen molar-refractivity contribution in [1.29, 1.82) is 0 Å². The molecule has 3 amide bonds. The maximum absolute atomic E-state index is 12.7. The second-order valence-electron chi connectivity index (χ2n) is 6.85. The minimum absolute atomic E-state index is 0.0137. The Labute approximate surface area is 164 Å². The van der Waals surface area contributed by atoms with Crippen molar-refractivity contribution in [1.82, 2.24) is 15.1 Å². The molecule has 1 aromatic carbocycles. The number of carbonyl (C=O) groups is 3. The summed E-state index contributed by atoms with van der Waals surface area (Å²) in [6, 6.07) is 6.07. The molecular formula is C20H25N3O5. The van der Waals surface area contributed by atoms with Gasteiger partial charge in [-0.15, -0.1) is 0 Å². The fourth-order valence-electron chi connectivity index (χ4n) is 3.30. The number of carbonyl (C=O) groups excluding carboxylic acids is 3. The first kappa shape index (κ1) is 19.7. The third-order valence-corrected chi connectivity index (χ3v) is 5.01. The number of urea groups is 1. The lowest BCUT2D eigenvalue weighted by atomic mass is 9.95. The minimum Gasteiger partial charge on any atom is -0.497 e. The molecule has 3 rings (SSSR count). The van der Waals surface area contributed by atoms with Crippen LogP contribution in [0.15, 0.2) is 35.5 Å². The first-order valence-corrected chi connectivity index (χ1v) is 9.32. The molecule has 28 heavy (non-hydrogen) atoms. The number of cyclic esters (lactones) is 1. The average molecular weight is 387 g/mol. The van der Waals surface area contributed by atoms with Gasteiger partial charge in [-0.05, 0) is 24.1 Å².